The number of nitrogens with zero attached hydrogens (tertiary/aromatic N) is 4. The largest absolute Gasteiger partial charge is 0.496 e. The fraction of sp³-hybridized carbons (Fsp3) is 0.609. The molecule has 14 nitrogen and oxygen atoms in total. The summed E-state index contributed by atoms with van der Waals surface area (Å²) in [5, 5.41) is 8.34. The number of aromatic nitrogens is 2. The van der Waals surface area contributed by atoms with Gasteiger partial charge in [-0.05, 0) is 145 Å². The second-order valence-corrected chi connectivity index (χ2v) is 18.1. The lowest BCUT2D eigenvalue weighted by Crippen LogP contribution is -2.64. The van der Waals surface area contributed by atoms with E-state index in [1.807, 2.05) is 71.3 Å². The van der Waals surface area contributed by atoms with Crippen LogP contribution in [-0.4, -0.2) is 118 Å². The number of methoxy groups -OCH3 is 2. The first-order valence-electron chi connectivity index (χ1n) is 21.4. The second-order valence-electron chi connectivity index (χ2n) is 18.1. The SMILES string of the molecule is COc1cccc(OC)c1-c1cc(C(=O)NC2(C(=O)OC(C)(C)C)C3CC4CC(C3)C2C4)nn1-c1ccc(N(CCCN(C)C)C(=O)COCCOCCN)cc1C(C)C. The van der Waals surface area contributed by atoms with Crippen LogP contribution in [0.25, 0.3) is 16.9 Å². The molecule has 7 rings (SSSR count). The minimum atomic E-state index is -1.14. The summed E-state index contributed by atoms with van der Waals surface area (Å²) in [6, 6.07) is 13.1. The smallest absolute Gasteiger partial charge is 0.332 e. The van der Waals surface area contributed by atoms with Gasteiger partial charge in [0.2, 0.25) is 0 Å². The van der Waals surface area contributed by atoms with Gasteiger partial charge in [0.25, 0.3) is 11.8 Å². The van der Waals surface area contributed by atoms with Crippen LogP contribution in [0.1, 0.15) is 88.7 Å². The van der Waals surface area contributed by atoms with E-state index in [9.17, 15) is 14.4 Å². The summed E-state index contributed by atoms with van der Waals surface area (Å²) in [4.78, 5) is 46.8. The van der Waals surface area contributed by atoms with Crippen LogP contribution in [0.5, 0.6) is 11.5 Å². The lowest BCUT2D eigenvalue weighted by atomic mass is 9.69. The van der Waals surface area contributed by atoms with Gasteiger partial charge < -0.3 is 44.5 Å². The number of carbonyl (C=O) groups is 3. The summed E-state index contributed by atoms with van der Waals surface area (Å²) >= 11 is 0. The Hall–Kier alpha value is -4.50. The number of hydrogen-bond acceptors (Lipinski definition) is 11. The fourth-order valence-corrected chi connectivity index (χ4v) is 9.77. The predicted molar refractivity (Wildman–Crippen MR) is 231 cm³/mol. The van der Waals surface area contributed by atoms with Crippen LogP contribution >= 0.6 is 0 Å². The van der Waals surface area contributed by atoms with Gasteiger partial charge in [0.1, 0.15) is 29.2 Å². The Kier molecular flexibility index (Phi) is 14.3. The molecule has 60 heavy (non-hydrogen) atoms. The van der Waals surface area contributed by atoms with Crippen LogP contribution in [0, 0.1) is 23.7 Å². The summed E-state index contributed by atoms with van der Waals surface area (Å²) in [7, 11) is 7.20. The van der Waals surface area contributed by atoms with Crippen LogP contribution in [0.3, 0.4) is 0 Å². The summed E-state index contributed by atoms with van der Waals surface area (Å²) in [6.07, 6.45) is 4.51. The number of carbonyl (C=O) groups excluding carboxylic acids is 3. The molecule has 0 spiro atoms. The lowest BCUT2D eigenvalue weighted by Gasteiger charge is -2.43. The summed E-state index contributed by atoms with van der Waals surface area (Å²) in [5.74, 6) is 1.01. The lowest BCUT2D eigenvalue weighted by molar-refractivity contribution is -0.168. The maximum atomic E-state index is 14.8. The van der Waals surface area contributed by atoms with E-state index in [0.717, 1.165) is 49.9 Å². The zero-order valence-electron chi connectivity index (χ0n) is 37.0. The molecule has 3 N–H and O–H groups in total. The summed E-state index contributed by atoms with van der Waals surface area (Å²) < 4.78 is 30.8. The van der Waals surface area contributed by atoms with Crippen molar-refractivity contribution in [1.82, 2.24) is 20.0 Å². The molecule has 0 saturated heterocycles. The average molecular weight is 831 g/mol. The number of amides is 2. The number of nitrogens with two attached hydrogens (primary N) is 1. The van der Waals surface area contributed by atoms with Crippen molar-refractivity contribution < 1.29 is 38.1 Å². The molecule has 2 amide bonds. The molecule has 4 saturated carbocycles. The maximum absolute atomic E-state index is 14.8. The zero-order chi connectivity index (χ0) is 43.4. The van der Waals surface area contributed by atoms with Crippen LogP contribution in [0.2, 0.25) is 0 Å². The highest BCUT2D eigenvalue weighted by atomic mass is 16.6. The molecule has 1 heterocycles. The Bertz CT molecular complexity index is 1960. The van der Waals surface area contributed by atoms with E-state index in [4.69, 9.17) is 34.5 Å². The van der Waals surface area contributed by atoms with Gasteiger partial charge >= 0.3 is 5.97 Å². The molecule has 2 aromatic carbocycles. The standard InChI is InChI=1S/C46H66N6O8/c1-29(2)34-26-33(51(18-11-17-50(6)7)41(53)28-59-21-20-58-19-16-47)14-15-37(34)52-38(42-39(56-8)12-10-13-40(42)57-9)27-36(49-52)43(54)48-46(44(55)60-45(3,4)5)32-23-30-22-31(25-32)35(46)24-30/h10,12-15,26-27,29-32,35H,11,16-25,28,47H2,1-9H3,(H,48,54). The zero-order valence-corrected chi connectivity index (χ0v) is 37.0. The number of nitrogens with one attached hydrogen (secondary N) is 1. The van der Waals surface area contributed by atoms with Gasteiger partial charge in [-0.2, -0.15) is 5.10 Å². The van der Waals surface area contributed by atoms with Gasteiger partial charge in [0.05, 0.1) is 51.0 Å². The molecule has 3 aromatic rings. The van der Waals surface area contributed by atoms with E-state index in [0.29, 0.717) is 66.6 Å². The topological polar surface area (TPSA) is 160 Å². The highest BCUT2D eigenvalue weighted by Crippen LogP contribution is 2.63. The van der Waals surface area contributed by atoms with Gasteiger partial charge in [0, 0.05) is 18.8 Å². The Morgan fingerprint density at radius 2 is 1.67 bits per heavy atom. The van der Waals surface area contributed by atoms with Gasteiger partial charge in [-0.1, -0.05) is 19.9 Å². The minimum absolute atomic E-state index is 0.00645. The molecule has 4 bridgehead atoms. The Labute approximate surface area is 355 Å². The Morgan fingerprint density at radius 3 is 2.30 bits per heavy atom. The molecule has 5 unspecified atom stereocenters. The average Bonchev–Trinajstić information content (AvgIpc) is 3.83. The van der Waals surface area contributed by atoms with Crippen LogP contribution < -0.4 is 25.4 Å². The van der Waals surface area contributed by atoms with Gasteiger partial charge in [-0.3, -0.25) is 9.59 Å². The number of anilines is 1. The highest BCUT2D eigenvalue weighted by molar-refractivity contribution is 5.99. The second kappa shape index (κ2) is 19.0. The molecular weight excluding hydrogens is 765 g/mol. The molecule has 4 aliphatic rings. The Balaban J connectivity index is 1.42. The predicted octanol–water partition coefficient (Wildman–Crippen LogP) is 5.83. The first-order chi connectivity index (χ1) is 28.6. The van der Waals surface area contributed by atoms with Crippen molar-refractivity contribution in [3.8, 4) is 28.4 Å². The molecule has 1 aromatic heterocycles. The molecular formula is C46H66N6O8. The van der Waals surface area contributed by atoms with Crippen LogP contribution in [0.4, 0.5) is 5.69 Å². The van der Waals surface area contributed by atoms with Crippen LogP contribution in [-0.2, 0) is 23.8 Å². The number of esters is 1. The van der Waals surface area contributed by atoms with Gasteiger partial charge in [-0.15, -0.1) is 0 Å². The quantitative estimate of drug-likeness (QED) is 0.104. The van der Waals surface area contributed by atoms with E-state index in [1.54, 1.807) is 29.9 Å². The first-order valence-corrected chi connectivity index (χ1v) is 21.4. The van der Waals surface area contributed by atoms with E-state index in [1.165, 1.54) is 0 Å². The minimum Gasteiger partial charge on any atom is -0.496 e. The van der Waals surface area contributed by atoms with Crippen LogP contribution in [0.15, 0.2) is 42.5 Å². The third-order valence-electron chi connectivity index (χ3n) is 12.2. The molecule has 4 fully saturated rings. The molecule has 14 heteroatoms. The van der Waals surface area contributed by atoms with Crippen molar-refractivity contribution in [2.24, 2.45) is 29.4 Å². The molecule has 5 atom stereocenters. The van der Waals surface area contributed by atoms with E-state index >= 15 is 0 Å². The van der Waals surface area contributed by atoms with E-state index in [2.05, 4.69) is 24.1 Å². The normalized spacial score (nSPS) is 21.8. The van der Waals surface area contributed by atoms with Gasteiger partial charge in [-0.25, -0.2) is 9.48 Å². The number of hydrogen-bond donors (Lipinski definition) is 2. The third-order valence-corrected chi connectivity index (χ3v) is 12.2. The van der Waals surface area contributed by atoms with Crippen molar-refractivity contribution in [3.63, 3.8) is 0 Å². The molecule has 0 aliphatic heterocycles. The van der Waals surface area contributed by atoms with Crippen molar-refractivity contribution in [2.45, 2.75) is 83.8 Å². The number of benzene rings is 2. The Morgan fingerprint density at radius 1 is 0.950 bits per heavy atom. The van der Waals surface area contributed by atoms with E-state index in [-0.39, 0.29) is 48.5 Å². The third kappa shape index (κ3) is 9.51. The van der Waals surface area contributed by atoms with Crippen molar-refractivity contribution in [2.75, 3.05) is 79.3 Å². The van der Waals surface area contributed by atoms with Gasteiger partial charge in [0.15, 0.2) is 5.69 Å². The summed E-state index contributed by atoms with van der Waals surface area (Å²) in [6.45, 7) is 12.4. The summed E-state index contributed by atoms with van der Waals surface area (Å²) in [5.41, 5.74) is 7.32. The monoisotopic (exact) mass is 830 g/mol. The molecule has 0 radical (unpaired) electrons. The number of rotatable bonds is 20. The van der Waals surface area contributed by atoms with Crippen molar-refractivity contribution in [3.05, 3.63) is 53.7 Å². The maximum Gasteiger partial charge on any atom is 0.332 e. The van der Waals surface area contributed by atoms with Crippen molar-refractivity contribution >= 4 is 23.5 Å². The number of ether oxygens (including phenoxy) is 5. The fourth-order valence-electron chi connectivity index (χ4n) is 9.77. The molecule has 328 valence electrons. The van der Waals surface area contributed by atoms with E-state index < -0.39 is 17.0 Å². The first kappa shape index (κ1) is 45.0. The highest BCUT2D eigenvalue weighted by Gasteiger charge is 2.67. The van der Waals surface area contributed by atoms with Crippen molar-refractivity contribution in [1.29, 1.82) is 0 Å². The molecule has 4 aliphatic carbocycles.